The van der Waals surface area contributed by atoms with Gasteiger partial charge in [0, 0.05) is 31.5 Å². The SMILES string of the molecule is CCOCCCNc1ncccc1CO. The first kappa shape index (κ1) is 11.9. The Morgan fingerprint density at radius 2 is 2.40 bits per heavy atom. The van der Waals surface area contributed by atoms with Gasteiger partial charge >= 0.3 is 0 Å². The molecule has 1 aromatic heterocycles. The van der Waals surface area contributed by atoms with Crippen molar-refractivity contribution >= 4 is 5.82 Å². The number of hydrogen-bond acceptors (Lipinski definition) is 4. The second-order valence-corrected chi connectivity index (χ2v) is 3.15. The summed E-state index contributed by atoms with van der Waals surface area (Å²) in [7, 11) is 0. The van der Waals surface area contributed by atoms with Crippen LogP contribution >= 0.6 is 0 Å². The molecular formula is C11H18N2O2. The second-order valence-electron chi connectivity index (χ2n) is 3.15. The Balaban J connectivity index is 2.30. The Morgan fingerprint density at radius 1 is 1.53 bits per heavy atom. The van der Waals surface area contributed by atoms with E-state index in [0.717, 1.165) is 37.6 Å². The molecule has 1 heterocycles. The van der Waals surface area contributed by atoms with Crippen LogP contribution in [0.2, 0.25) is 0 Å². The molecule has 0 radical (unpaired) electrons. The highest BCUT2D eigenvalue weighted by Crippen LogP contribution is 2.10. The van der Waals surface area contributed by atoms with Crippen molar-refractivity contribution in [1.29, 1.82) is 0 Å². The molecule has 0 aliphatic carbocycles. The molecule has 0 amide bonds. The number of aromatic nitrogens is 1. The lowest BCUT2D eigenvalue weighted by atomic mass is 10.2. The molecule has 0 fully saturated rings. The van der Waals surface area contributed by atoms with E-state index < -0.39 is 0 Å². The third-order valence-corrected chi connectivity index (χ3v) is 2.02. The number of ether oxygens (including phenoxy) is 1. The minimum absolute atomic E-state index is 0.0155. The summed E-state index contributed by atoms with van der Waals surface area (Å²) in [5, 5.41) is 12.2. The van der Waals surface area contributed by atoms with Gasteiger partial charge in [-0.25, -0.2) is 4.98 Å². The van der Waals surface area contributed by atoms with Crippen LogP contribution in [0.4, 0.5) is 5.82 Å². The van der Waals surface area contributed by atoms with Gasteiger partial charge in [0.05, 0.1) is 6.61 Å². The summed E-state index contributed by atoms with van der Waals surface area (Å²) in [5.41, 5.74) is 0.828. The number of hydrogen-bond donors (Lipinski definition) is 2. The summed E-state index contributed by atoms with van der Waals surface area (Å²) in [6.07, 6.45) is 2.65. The Kier molecular flexibility index (Phi) is 5.73. The van der Waals surface area contributed by atoms with Gasteiger partial charge < -0.3 is 15.2 Å². The number of anilines is 1. The molecule has 4 nitrogen and oxygen atoms in total. The lowest BCUT2D eigenvalue weighted by Gasteiger charge is -2.08. The normalized spacial score (nSPS) is 10.3. The van der Waals surface area contributed by atoms with Crippen LogP contribution in [-0.2, 0) is 11.3 Å². The van der Waals surface area contributed by atoms with E-state index in [1.165, 1.54) is 0 Å². The molecule has 0 aliphatic rings. The summed E-state index contributed by atoms with van der Waals surface area (Å²) in [6, 6.07) is 3.68. The molecule has 15 heavy (non-hydrogen) atoms. The first-order chi connectivity index (χ1) is 7.38. The molecule has 84 valence electrons. The Morgan fingerprint density at radius 3 is 3.13 bits per heavy atom. The minimum Gasteiger partial charge on any atom is -0.392 e. The maximum atomic E-state index is 9.05. The van der Waals surface area contributed by atoms with Crippen molar-refractivity contribution in [3.63, 3.8) is 0 Å². The third-order valence-electron chi connectivity index (χ3n) is 2.02. The van der Waals surface area contributed by atoms with Crippen LogP contribution in [0.5, 0.6) is 0 Å². The molecule has 0 bridgehead atoms. The van der Waals surface area contributed by atoms with Crippen molar-refractivity contribution in [2.75, 3.05) is 25.1 Å². The van der Waals surface area contributed by atoms with Gasteiger partial charge in [0.25, 0.3) is 0 Å². The van der Waals surface area contributed by atoms with E-state index >= 15 is 0 Å². The van der Waals surface area contributed by atoms with E-state index in [-0.39, 0.29) is 6.61 Å². The minimum atomic E-state index is 0.0155. The van der Waals surface area contributed by atoms with Gasteiger partial charge in [0.1, 0.15) is 5.82 Å². The highest BCUT2D eigenvalue weighted by atomic mass is 16.5. The predicted molar refractivity (Wildman–Crippen MR) is 59.8 cm³/mol. The third kappa shape index (κ3) is 4.27. The predicted octanol–water partition coefficient (Wildman–Crippen LogP) is 1.41. The number of aliphatic hydroxyl groups is 1. The van der Waals surface area contributed by atoms with Crippen molar-refractivity contribution in [2.24, 2.45) is 0 Å². The maximum absolute atomic E-state index is 9.05. The Labute approximate surface area is 90.3 Å². The summed E-state index contributed by atoms with van der Waals surface area (Å²) < 4.78 is 5.22. The van der Waals surface area contributed by atoms with Gasteiger partial charge in [0.15, 0.2) is 0 Å². The van der Waals surface area contributed by atoms with Gasteiger partial charge in [-0.2, -0.15) is 0 Å². The van der Waals surface area contributed by atoms with Crippen LogP contribution in [0.3, 0.4) is 0 Å². The van der Waals surface area contributed by atoms with Gasteiger partial charge in [-0.3, -0.25) is 0 Å². The van der Waals surface area contributed by atoms with Gasteiger partial charge in [-0.05, 0) is 19.4 Å². The fourth-order valence-corrected chi connectivity index (χ4v) is 1.25. The standard InChI is InChI=1S/C11H18N2O2/c1-2-15-8-4-7-13-11-10(9-14)5-3-6-12-11/h3,5-6,14H,2,4,7-9H2,1H3,(H,12,13). The highest BCUT2D eigenvalue weighted by molar-refractivity contribution is 5.42. The van der Waals surface area contributed by atoms with Gasteiger partial charge in [-0.15, -0.1) is 0 Å². The molecule has 1 aromatic rings. The van der Waals surface area contributed by atoms with Crippen molar-refractivity contribution in [1.82, 2.24) is 4.98 Å². The summed E-state index contributed by atoms with van der Waals surface area (Å²) in [4.78, 5) is 4.16. The van der Waals surface area contributed by atoms with E-state index in [1.807, 2.05) is 19.1 Å². The quantitative estimate of drug-likeness (QED) is 0.668. The molecule has 0 aliphatic heterocycles. The fraction of sp³-hybridized carbons (Fsp3) is 0.545. The highest BCUT2D eigenvalue weighted by Gasteiger charge is 2.00. The van der Waals surface area contributed by atoms with Crippen LogP contribution in [0.15, 0.2) is 18.3 Å². The zero-order valence-electron chi connectivity index (χ0n) is 9.07. The largest absolute Gasteiger partial charge is 0.392 e. The van der Waals surface area contributed by atoms with E-state index in [9.17, 15) is 0 Å². The topological polar surface area (TPSA) is 54.4 Å². The van der Waals surface area contributed by atoms with Gasteiger partial charge in [-0.1, -0.05) is 6.07 Å². The lowest BCUT2D eigenvalue weighted by Crippen LogP contribution is -2.08. The fourth-order valence-electron chi connectivity index (χ4n) is 1.25. The molecular weight excluding hydrogens is 192 g/mol. The van der Waals surface area contributed by atoms with Crippen molar-refractivity contribution in [3.05, 3.63) is 23.9 Å². The molecule has 0 atom stereocenters. The Bertz CT molecular complexity index is 279. The monoisotopic (exact) mass is 210 g/mol. The Hall–Kier alpha value is -1.13. The zero-order valence-corrected chi connectivity index (χ0v) is 9.07. The maximum Gasteiger partial charge on any atom is 0.131 e. The molecule has 0 spiro atoms. The van der Waals surface area contributed by atoms with Crippen LogP contribution in [0.25, 0.3) is 0 Å². The smallest absolute Gasteiger partial charge is 0.131 e. The number of pyridine rings is 1. The summed E-state index contributed by atoms with van der Waals surface area (Å²) in [6.45, 7) is 4.32. The molecule has 2 N–H and O–H groups in total. The molecule has 4 heteroatoms. The second kappa shape index (κ2) is 7.20. The molecule has 0 saturated carbocycles. The van der Waals surface area contributed by atoms with E-state index in [2.05, 4.69) is 10.3 Å². The lowest BCUT2D eigenvalue weighted by molar-refractivity contribution is 0.147. The van der Waals surface area contributed by atoms with Crippen LogP contribution < -0.4 is 5.32 Å². The van der Waals surface area contributed by atoms with E-state index in [4.69, 9.17) is 9.84 Å². The zero-order chi connectivity index (χ0) is 10.9. The van der Waals surface area contributed by atoms with Crippen LogP contribution in [0, 0.1) is 0 Å². The summed E-state index contributed by atoms with van der Waals surface area (Å²) >= 11 is 0. The van der Waals surface area contributed by atoms with Crippen molar-refractivity contribution in [3.8, 4) is 0 Å². The van der Waals surface area contributed by atoms with E-state index in [0.29, 0.717) is 0 Å². The van der Waals surface area contributed by atoms with Crippen LogP contribution in [0.1, 0.15) is 18.9 Å². The molecule has 0 saturated heterocycles. The number of nitrogens with one attached hydrogen (secondary N) is 1. The summed E-state index contributed by atoms with van der Waals surface area (Å²) in [5.74, 6) is 0.761. The van der Waals surface area contributed by atoms with Crippen molar-refractivity contribution in [2.45, 2.75) is 20.0 Å². The average molecular weight is 210 g/mol. The van der Waals surface area contributed by atoms with E-state index in [1.54, 1.807) is 6.20 Å². The molecule has 0 aromatic carbocycles. The number of aliphatic hydroxyl groups excluding tert-OH is 1. The van der Waals surface area contributed by atoms with Crippen LogP contribution in [-0.4, -0.2) is 29.8 Å². The average Bonchev–Trinajstić information content (AvgIpc) is 2.29. The first-order valence-electron chi connectivity index (χ1n) is 5.24. The first-order valence-corrected chi connectivity index (χ1v) is 5.24. The molecule has 1 rings (SSSR count). The van der Waals surface area contributed by atoms with Gasteiger partial charge in [0.2, 0.25) is 0 Å². The number of rotatable bonds is 7. The number of nitrogens with zero attached hydrogens (tertiary/aromatic N) is 1. The van der Waals surface area contributed by atoms with Crippen molar-refractivity contribution < 1.29 is 9.84 Å². The molecule has 0 unspecified atom stereocenters.